The van der Waals surface area contributed by atoms with Crippen LogP contribution in [0.5, 0.6) is 0 Å². The molecule has 0 heterocycles. The Morgan fingerprint density at radius 3 is 2.79 bits per heavy atom. The summed E-state index contributed by atoms with van der Waals surface area (Å²) in [6, 6.07) is 10.3. The van der Waals surface area contributed by atoms with Crippen molar-refractivity contribution < 1.29 is 4.79 Å². The molecule has 1 aromatic carbocycles. The van der Waals surface area contributed by atoms with Gasteiger partial charge in [0.05, 0.1) is 0 Å². The zero-order chi connectivity index (χ0) is 9.97. The Morgan fingerprint density at radius 2 is 2.14 bits per heavy atom. The Balaban J connectivity index is 1.96. The molecule has 1 fully saturated rings. The van der Waals surface area contributed by atoms with Crippen LogP contribution in [0.15, 0.2) is 30.3 Å². The molecule has 2 rings (SSSR count). The monoisotopic (exact) mass is 189 g/mol. The Bertz CT molecular complexity index is 320. The molecule has 1 aromatic rings. The molecule has 1 saturated carbocycles. The highest BCUT2D eigenvalue weighted by Crippen LogP contribution is 2.47. The lowest BCUT2D eigenvalue weighted by atomic mass is 10.1. The maximum atomic E-state index is 11.5. The molecule has 1 N–H and O–H groups in total. The fourth-order valence-corrected chi connectivity index (χ4v) is 1.86. The summed E-state index contributed by atoms with van der Waals surface area (Å²) < 4.78 is 0. The summed E-state index contributed by atoms with van der Waals surface area (Å²) in [5.41, 5.74) is 1.30. The molecule has 0 radical (unpaired) electrons. The summed E-state index contributed by atoms with van der Waals surface area (Å²) in [5.74, 6) is 0.890. The van der Waals surface area contributed by atoms with Crippen LogP contribution in [-0.4, -0.2) is 12.5 Å². The highest BCUT2D eigenvalue weighted by atomic mass is 16.2. The molecule has 0 spiro atoms. The summed E-state index contributed by atoms with van der Waals surface area (Å²) in [5, 5.41) is 2.87. The van der Waals surface area contributed by atoms with E-state index in [4.69, 9.17) is 0 Å². The van der Waals surface area contributed by atoms with Crippen molar-refractivity contribution >= 4 is 5.91 Å². The summed E-state index contributed by atoms with van der Waals surface area (Å²) in [6.07, 6.45) is 1.01. The molecular weight excluding hydrogens is 174 g/mol. The smallest absolute Gasteiger partial charge is 0.223 e. The van der Waals surface area contributed by atoms with Crippen molar-refractivity contribution in [1.82, 2.24) is 5.32 Å². The van der Waals surface area contributed by atoms with Crippen LogP contribution in [0.3, 0.4) is 0 Å². The van der Waals surface area contributed by atoms with E-state index in [1.165, 1.54) is 5.56 Å². The lowest BCUT2D eigenvalue weighted by Crippen LogP contribution is -2.24. The van der Waals surface area contributed by atoms with Crippen LogP contribution in [0.2, 0.25) is 0 Å². The molecule has 0 saturated heterocycles. The van der Waals surface area contributed by atoms with Crippen molar-refractivity contribution in [2.24, 2.45) is 5.92 Å². The average Bonchev–Trinajstić information content (AvgIpc) is 2.99. The quantitative estimate of drug-likeness (QED) is 0.773. The fraction of sp³-hybridized carbons (Fsp3) is 0.417. The normalized spacial score (nSPS) is 24.4. The first-order valence-corrected chi connectivity index (χ1v) is 5.15. The Labute approximate surface area is 84.3 Å². The van der Waals surface area contributed by atoms with E-state index in [9.17, 15) is 4.79 Å². The molecule has 1 aliphatic rings. The van der Waals surface area contributed by atoms with Crippen molar-refractivity contribution in [1.29, 1.82) is 0 Å². The molecule has 2 heteroatoms. The van der Waals surface area contributed by atoms with Gasteiger partial charge in [0, 0.05) is 12.5 Å². The van der Waals surface area contributed by atoms with Gasteiger partial charge in [-0.2, -0.15) is 0 Å². The maximum Gasteiger partial charge on any atom is 0.223 e. The number of benzene rings is 1. The van der Waals surface area contributed by atoms with Crippen molar-refractivity contribution in [2.45, 2.75) is 19.3 Å². The van der Waals surface area contributed by atoms with Gasteiger partial charge in [-0.05, 0) is 24.8 Å². The largest absolute Gasteiger partial charge is 0.356 e. The third kappa shape index (κ3) is 1.79. The number of nitrogens with one attached hydrogen (secondary N) is 1. The number of hydrogen-bond donors (Lipinski definition) is 1. The minimum absolute atomic E-state index is 0.210. The van der Waals surface area contributed by atoms with Crippen LogP contribution in [0.4, 0.5) is 0 Å². The molecule has 2 nitrogen and oxygen atoms in total. The Morgan fingerprint density at radius 1 is 1.43 bits per heavy atom. The second kappa shape index (κ2) is 3.82. The zero-order valence-corrected chi connectivity index (χ0v) is 8.36. The van der Waals surface area contributed by atoms with Gasteiger partial charge >= 0.3 is 0 Å². The molecule has 1 aliphatic carbocycles. The van der Waals surface area contributed by atoms with Gasteiger partial charge in [0.15, 0.2) is 0 Å². The van der Waals surface area contributed by atoms with Crippen molar-refractivity contribution in [3.63, 3.8) is 0 Å². The number of carbonyl (C=O) groups excluding carboxylic acids is 1. The lowest BCUT2D eigenvalue weighted by molar-refractivity contribution is -0.122. The van der Waals surface area contributed by atoms with E-state index in [-0.39, 0.29) is 11.8 Å². The van der Waals surface area contributed by atoms with Gasteiger partial charge < -0.3 is 5.32 Å². The van der Waals surface area contributed by atoms with E-state index in [0.29, 0.717) is 5.92 Å². The SMILES string of the molecule is CCNC(=O)C1C[C@H]1c1ccccc1. The molecule has 2 atom stereocenters. The molecule has 0 aliphatic heterocycles. The predicted molar refractivity (Wildman–Crippen MR) is 56.0 cm³/mol. The molecule has 74 valence electrons. The average molecular weight is 189 g/mol. The van der Waals surface area contributed by atoms with E-state index in [0.717, 1.165) is 13.0 Å². The maximum absolute atomic E-state index is 11.5. The minimum atomic E-state index is 0.210. The second-order valence-corrected chi connectivity index (χ2v) is 3.75. The summed E-state index contributed by atoms with van der Waals surface area (Å²) in [4.78, 5) is 11.5. The van der Waals surface area contributed by atoms with E-state index < -0.39 is 0 Å². The second-order valence-electron chi connectivity index (χ2n) is 3.75. The van der Waals surface area contributed by atoms with E-state index in [1.807, 2.05) is 25.1 Å². The lowest BCUT2D eigenvalue weighted by Gasteiger charge is -2.01. The third-order valence-electron chi connectivity index (χ3n) is 2.71. The van der Waals surface area contributed by atoms with Crippen LogP contribution in [0.25, 0.3) is 0 Å². The van der Waals surface area contributed by atoms with Crippen molar-refractivity contribution in [3.05, 3.63) is 35.9 Å². The summed E-state index contributed by atoms with van der Waals surface area (Å²) in [7, 11) is 0. The van der Waals surface area contributed by atoms with Gasteiger partial charge in [-0.15, -0.1) is 0 Å². The minimum Gasteiger partial charge on any atom is -0.356 e. The first-order chi connectivity index (χ1) is 6.83. The van der Waals surface area contributed by atoms with E-state index >= 15 is 0 Å². The van der Waals surface area contributed by atoms with Gasteiger partial charge in [0.2, 0.25) is 5.91 Å². The van der Waals surface area contributed by atoms with Crippen LogP contribution in [0, 0.1) is 5.92 Å². The van der Waals surface area contributed by atoms with Crippen LogP contribution < -0.4 is 5.32 Å². The topological polar surface area (TPSA) is 29.1 Å². The molecule has 1 unspecified atom stereocenters. The van der Waals surface area contributed by atoms with Gasteiger partial charge in [-0.3, -0.25) is 4.79 Å². The molecule has 1 amide bonds. The van der Waals surface area contributed by atoms with Crippen LogP contribution in [-0.2, 0) is 4.79 Å². The van der Waals surface area contributed by atoms with Gasteiger partial charge in [-0.1, -0.05) is 30.3 Å². The molecule has 0 bridgehead atoms. The number of carbonyl (C=O) groups is 1. The van der Waals surface area contributed by atoms with E-state index in [1.54, 1.807) is 0 Å². The highest BCUT2D eigenvalue weighted by Gasteiger charge is 2.43. The van der Waals surface area contributed by atoms with Gasteiger partial charge in [0.25, 0.3) is 0 Å². The van der Waals surface area contributed by atoms with Crippen LogP contribution >= 0.6 is 0 Å². The molecule has 14 heavy (non-hydrogen) atoms. The first-order valence-electron chi connectivity index (χ1n) is 5.15. The van der Waals surface area contributed by atoms with E-state index in [2.05, 4.69) is 17.4 Å². The first kappa shape index (κ1) is 9.25. The highest BCUT2D eigenvalue weighted by molar-refractivity contribution is 5.82. The van der Waals surface area contributed by atoms with Crippen molar-refractivity contribution in [2.75, 3.05) is 6.54 Å². The Kier molecular flexibility index (Phi) is 2.53. The van der Waals surface area contributed by atoms with Crippen molar-refractivity contribution in [3.8, 4) is 0 Å². The predicted octanol–water partition coefficient (Wildman–Crippen LogP) is 1.93. The Hall–Kier alpha value is -1.31. The number of hydrogen-bond acceptors (Lipinski definition) is 1. The number of rotatable bonds is 3. The zero-order valence-electron chi connectivity index (χ0n) is 8.36. The fourth-order valence-electron chi connectivity index (χ4n) is 1.86. The summed E-state index contributed by atoms with van der Waals surface area (Å²) in [6.45, 7) is 2.69. The van der Waals surface area contributed by atoms with Crippen LogP contribution in [0.1, 0.15) is 24.8 Å². The molecular formula is C12H15NO. The number of amides is 1. The van der Waals surface area contributed by atoms with Gasteiger partial charge in [0.1, 0.15) is 0 Å². The summed E-state index contributed by atoms with van der Waals surface area (Å²) >= 11 is 0. The third-order valence-corrected chi connectivity index (χ3v) is 2.71. The van der Waals surface area contributed by atoms with Gasteiger partial charge in [-0.25, -0.2) is 0 Å². The standard InChI is InChI=1S/C12H15NO/c1-2-13-12(14)11-8-10(11)9-6-4-3-5-7-9/h3-7,10-11H,2,8H2,1H3,(H,13,14)/t10-,11?/m0/s1. The molecule has 0 aromatic heterocycles.